The van der Waals surface area contributed by atoms with Gasteiger partial charge in [-0.05, 0) is 12.8 Å². The number of carbonyl (C=O) groups is 2. The fourth-order valence-electron chi connectivity index (χ4n) is 2.49. The second kappa shape index (κ2) is 7.70. The normalized spacial score (nSPS) is 16.0. The van der Waals surface area contributed by atoms with Crippen molar-refractivity contribution in [2.75, 3.05) is 32.7 Å². The largest absolute Gasteiger partial charge is 0.339 e. The van der Waals surface area contributed by atoms with Crippen LogP contribution in [0.3, 0.4) is 0 Å². The molecule has 6 heteroatoms. The van der Waals surface area contributed by atoms with E-state index < -0.39 is 5.41 Å². The molecule has 0 radical (unpaired) electrons. The molecule has 0 bridgehead atoms. The molecule has 0 unspecified atom stereocenters. The Hall–Kier alpha value is -0.810. The molecule has 2 N–H and O–H groups in total. The molecule has 5 nitrogen and oxygen atoms in total. The third-order valence-electron chi connectivity index (χ3n) is 4.21. The Balaban J connectivity index is 0.00000324. The predicted molar refractivity (Wildman–Crippen MR) is 78.2 cm³/mol. The number of nitrogens with two attached hydrogens (primary N) is 1. The van der Waals surface area contributed by atoms with Crippen LogP contribution in [-0.4, -0.2) is 54.3 Å². The predicted octanol–water partition coefficient (Wildman–Crippen LogP) is 0.864. The van der Waals surface area contributed by atoms with Crippen molar-refractivity contribution in [2.24, 2.45) is 11.1 Å². The number of rotatable bonds is 4. The first-order valence-electron chi connectivity index (χ1n) is 6.75. The third-order valence-corrected chi connectivity index (χ3v) is 4.21. The Morgan fingerprint density at radius 3 is 1.79 bits per heavy atom. The lowest BCUT2D eigenvalue weighted by molar-refractivity contribution is -0.146. The molecule has 0 aromatic carbocycles. The Morgan fingerprint density at radius 1 is 1.05 bits per heavy atom. The second-order valence-electron chi connectivity index (χ2n) is 4.99. The molecule has 1 aliphatic rings. The van der Waals surface area contributed by atoms with Gasteiger partial charge >= 0.3 is 0 Å². The SMILES string of the molecule is CCC(CC)(CN)C(=O)N1CCN(C(C)=O)CC1.Cl. The quantitative estimate of drug-likeness (QED) is 0.835. The third kappa shape index (κ3) is 3.83. The molecule has 0 atom stereocenters. The Kier molecular flexibility index (Phi) is 7.37. The topological polar surface area (TPSA) is 66.6 Å². The molecule has 2 amide bonds. The zero-order chi connectivity index (χ0) is 13.8. The van der Waals surface area contributed by atoms with Gasteiger partial charge in [0.15, 0.2) is 0 Å². The molecular formula is C13H26ClN3O2. The van der Waals surface area contributed by atoms with E-state index in [4.69, 9.17) is 5.73 Å². The summed E-state index contributed by atoms with van der Waals surface area (Å²) in [4.78, 5) is 27.4. The van der Waals surface area contributed by atoms with E-state index >= 15 is 0 Å². The zero-order valence-corrected chi connectivity index (χ0v) is 13.0. The maximum Gasteiger partial charge on any atom is 0.230 e. The first kappa shape index (κ1) is 18.2. The highest BCUT2D eigenvalue weighted by molar-refractivity contribution is 5.85. The fraction of sp³-hybridized carbons (Fsp3) is 0.846. The molecule has 0 aromatic rings. The van der Waals surface area contributed by atoms with Crippen molar-refractivity contribution in [2.45, 2.75) is 33.6 Å². The lowest BCUT2D eigenvalue weighted by atomic mass is 9.81. The summed E-state index contributed by atoms with van der Waals surface area (Å²) in [6.45, 7) is 8.51. The van der Waals surface area contributed by atoms with Crippen LogP contribution in [0.4, 0.5) is 0 Å². The number of amides is 2. The molecule has 112 valence electrons. The first-order chi connectivity index (χ1) is 8.50. The van der Waals surface area contributed by atoms with E-state index in [2.05, 4.69) is 0 Å². The summed E-state index contributed by atoms with van der Waals surface area (Å²) in [5.74, 6) is 0.233. The highest BCUT2D eigenvalue weighted by atomic mass is 35.5. The number of halogens is 1. The maximum atomic E-state index is 12.5. The summed E-state index contributed by atoms with van der Waals surface area (Å²) in [6, 6.07) is 0. The molecule has 1 rings (SSSR count). The van der Waals surface area contributed by atoms with Gasteiger partial charge < -0.3 is 15.5 Å². The summed E-state index contributed by atoms with van der Waals surface area (Å²) < 4.78 is 0. The average molecular weight is 292 g/mol. The van der Waals surface area contributed by atoms with Crippen molar-refractivity contribution < 1.29 is 9.59 Å². The van der Waals surface area contributed by atoms with Crippen molar-refractivity contribution >= 4 is 24.2 Å². The van der Waals surface area contributed by atoms with Gasteiger partial charge in [-0.1, -0.05) is 13.8 Å². The van der Waals surface area contributed by atoms with Gasteiger partial charge in [0.1, 0.15) is 0 Å². The van der Waals surface area contributed by atoms with Crippen molar-refractivity contribution in [3.63, 3.8) is 0 Å². The van der Waals surface area contributed by atoms with Crippen LogP contribution in [0.25, 0.3) is 0 Å². The lowest BCUT2D eigenvalue weighted by Crippen LogP contribution is -2.55. The Bertz CT molecular complexity index is 303. The van der Waals surface area contributed by atoms with Crippen LogP contribution in [0, 0.1) is 5.41 Å². The summed E-state index contributed by atoms with van der Waals surface area (Å²) >= 11 is 0. The zero-order valence-electron chi connectivity index (χ0n) is 12.1. The molecule has 0 saturated carbocycles. The summed E-state index contributed by atoms with van der Waals surface area (Å²) in [5, 5.41) is 0. The number of hydrogen-bond acceptors (Lipinski definition) is 3. The fourth-order valence-corrected chi connectivity index (χ4v) is 2.49. The molecular weight excluding hydrogens is 266 g/mol. The summed E-state index contributed by atoms with van der Waals surface area (Å²) in [5.41, 5.74) is 5.38. The van der Waals surface area contributed by atoms with Gasteiger partial charge in [-0.25, -0.2) is 0 Å². The molecule has 1 aliphatic heterocycles. The highest BCUT2D eigenvalue weighted by Crippen LogP contribution is 2.28. The van der Waals surface area contributed by atoms with E-state index in [0.717, 1.165) is 12.8 Å². The highest BCUT2D eigenvalue weighted by Gasteiger charge is 2.37. The van der Waals surface area contributed by atoms with Crippen molar-refractivity contribution in [3.05, 3.63) is 0 Å². The Labute approximate surface area is 121 Å². The van der Waals surface area contributed by atoms with E-state index in [0.29, 0.717) is 32.7 Å². The standard InChI is InChI=1S/C13H25N3O2.ClH/c1-4-13(5-2,10-14)12(18)16-8-6-15(7-9-16)11(3)17;/h4-10,14H2,1-3H3;1H. The molecule has 1 fully saturated rings. The molecule has 1 saturated heterocycles. The Morgan fingerprint density at radius 2 is 1.47 bits per heavy atom. The van der Waals surface area contributed by atoms with Gasteiger partial charge in [0, 0.05) is 39.6 Å². The van der Waals surface area contributed by atoms with E-state index in [-0.39, 0.29) is 24.2 Å². The van der Waals surface area contributed by atoms with Crippen LogP contribution < -0.4 is 5.73 Å². The number of nitrogens with zero attached hydrogens (tertiary/aromatic N) is 2. The number of hydrogen-bond donors (Lipinski definition) is 1. The molecule has 19 heavy (non-hydrogen) atoms. The summed E-state index contributed by atoms with van der Waals surface area (Å²) in [6.07, 6.45) is 1.54. The molecule has 1 heterocycles. The van der Waals surface area contributed by atoms with E-state index in [9.17, 15) is 9.59 Å². The minimum absolute atomic E-state index is 0. The van der Waals surface area contributed by atoms with Gasteiger partial charge in [-0.15, -0.1) is 12.4 Å². The van der Waals surface area contributed by atoms with Crippen LogP contribution in [0.15, 0.2) is 0 Å². The van der Waals surface area contributed by atoms with Crippen LogP contribution in [0.5, 0.6) is 0 Å². The van der Waals surface area contributed by atoms with Crippen LogP contribution in [0.1, 0.15) is 33.6 Å². The van der Waals surface area contributed by atoms with Crippen LogP contribution in [0.2, 0.25) is 0 Å². The van der Waals surface area contributed by atoms with Crippen molar-refractivity contribution in [3.8, 4) is 0 Å². The van der Waals surface area contributed by atoms with E-state index in [1.807, 2.05) is 18.7 Å². The smallest absolute Gasteiger partial charge is 0.230 e. The van der Waals surface area contributed by atoms with Gasteiger partial charge in [-0.3, -0.25) is 9.59 Å². The molecule has 0 aliphatic carbocycles. The monoisotopic (exact) mass is 291 g/mol. The summed E-state index contributed by atoms with van der Waals surface area (Å²) in [7, 11) is 0. The van der Waals surface area contributed by atoms with Gasteiger partial charge in [0.2, 0.25) is 11.8 Å². The van der Waals surface area contributed by atoms with E-state index in [1.165, 1.54) is 0 Å². The van der Waals surface area contributed by atoms with Crippen molar-refractivity contribution in [1.82, 2.24) is 9.80 Å². The maximum absolute atomic E-state index is 12.5. The van der Waals surface area contributed by atoms with Crippen LogP contribution in [-0.2, 0) is 9.59 Å². The minimum atomic E-state index is -0.418. The minimum Gasteiger partial charge on any atom is -0.339 e. The molecule has 0 spiro atoms. The lowest BCUT2D eigenvalue weighted by Gasteiger charge is -2.40. The average Bonchev–Trinajstić information content (AvgIpc) is 2.41. The number of piperazine rings is 1. The second-order valence-corrected chi connectivity index (χ2v) is 4.99. The van der Waals surface area contributed by atoms with Crippen LogP contribution >= 0.6 is 12.4 Å². The van der Waals surface area contributed by atoms with Gasteiger partial charge in [-0.2, -0.15) is 0 Å². The first-order valence-corrected chi connectivity index (χ1v) is 6.75. The van der Waals surface area contributed by atoms with E-state index in [1.54, 1.807) is 11.8 Å². The van der Waals surface area contributed by atoms with Gasteiger partial charge in [0.05, 0.1) is 5.41 Å². The number of carbonyl (C=O) groups excluding carboxylic acids is 2. The molecule has 0 aromatic heterocycles. The van der Waals surface area contributed by atoms with Gasteiger partial charge in [0.25, 0.3) is 0 Å². The van der Waals surface area contributed by atoms with Crippen molar-refractivity contribution in [1.29, 1.82) is 0 Å².